The van der Waals surface area contributed by atoms with Crippen LogP contribution in [-0.2, 0) is 75.1 Å². The van der Waals surface area contributed by atoms with Gasteiger partial charge >= 0.3 is 11.9 Å². The van der Waals surface area contributed by atoms with E-state index < -0.39 is 51.7 Å². The molecular formula is C53H102N2O19P2. The van der Waals surface area contributed by atoms with Crippen molar-refractivity contribution in [3.8, 4) is 0 Å². The topological polar surface area (TPSA) is 249 Å². The summed E-state index contributed by atoms with van der Waals surface area (Å²) < 4.78 is 82.4. The maximum atomic E-state index is 11.5. The molecule has 1 fully saturated rings. The predicted molar refractivity (Wildman–Crippen MR) is 300 cm³/mol. The fraction of sp³-hybridized carbons (Fsp3) is 0.774. The lowest BCUT2D eigenvalue weighted by Crippen LogP contribution is -2.59. The molecule has 7 atom stereocenters. The number of hydrogen-bond donors (Lipinski definition) is 3. The minimum absolute atomic E-state index is 0.0816. The van der Waals surface area contributed by atoms with Gasteiger partial charge in [0.05, 0.1) is 110 Å². The largest absolute Gasteiger partial charge is 0.465 e. The molecule has 3 N–H and O–H groups in total. The van der Waals surface area contributed by atoms with Gasteiger partial charge in [0.2, 0.25) is 15.0 Å². The van der Waals surface area contributed by atoms with Crippen molar-refractivity contribution in [2.45, 2.75) is 118 Å². The summed E-state index contributed by atoms with van der Waals surface area (Å²) in [5, 5.41) is 28.1. The molecule has 76 heavy (non-hydrogen) atoms. The number of nitrogens with zero attached hydrogens (tertiary/aromatic N) is 2. The fourth-order valence-corrected chi connectivity index (χ4v) is 7.30. The molecular weight excluding hydrogens is 1030 g/mol. The molecule has 1 aromatic carbocycles. The first-order valence-electron chi connectivity index (χ1n) is 25.8. The highest BCUT2D eigenvalue weighted by molar-refractivity contribution is 7.55. The van der Waals surface area contributed by atoms with Crippen LogP contribution >= 0.6 is 15.0 Å². The minimum Gasteiger partial charge on any atom is -0.465 e. The van der Waals surface area contributed by atoms with Crippen LogP contribution in [0, 0.1) is 5.41 Å². The van der Waals surface area contributed by atoms with E-state index in [2.05, 4.69) is 16.1 Å². The van der Waals surface area contributed by atoms with Gasteiger partial charge in [-0.2, -0.15) is 0 Å². The van der Waals surface area contributed by atoms with Crippen LogP contribution in [0.25, 0.3) is 6.08 Å². The van der Waals surface area contributed by atoms with E-state index in [0.717, 1.165) is 24.8 Å². The standard InChI is InChI=1S/C16H26NO4P.C12H28NO6P.C12H20O6.C9H18O2.C4H10O/c1-17-22(3,21-15-14-19-13-12-18-2)20-11-7-10-16-8-5-4-6-9-16;1-13-20(4,18-11-9-16-7-5-14-2)19-12-10-17-8-6-15-3;1-5-7-8(13)9(14)10(12(16-4)17-7)18-11(15)6(2)3;1-5-7-11-8(10)9(3,4)6-2;1-3-4(2)5/h4-10H,11-15H2,1-3H3;5-12H2,1-4H3;7-10,12-14H,2,5H2,1,3-4H3;5-7H2,1-4H3;4-5H,3H2,1-2H3/b10-7+;;;;/t;;7?,8-,9-,10?,12+;;/m..1../s1. The van der Waals surface area contributed by atoms with Crippen LogP contribution in [0.4, 0.5) is 0 Å². The number of ether oxygens (including phenoxy) is 10. The maximum absolute atomic E-state index is 11.5. The normalized spacial score (nSPS) is 18.4. The summed E-state index contributed by atoms with van der Waals surface area (Å²) in [6.07, 6.45) is 2.07. The summed E-state index contributed by atoms with van der Waals surface area (Å²) in [7, 11) is 5.41. The van der Waals surface area contributed by atoms with Crippen molar-refractivity contribution in [1.29, 1.82) is 0 Å². The van der Waals surface area contributed by atoms with Gasteiger partial charge in [-0.3, -0.25) is 14.3 Å². The summed E-state index contributed by atoms with van der Waals surface area (Å²) >= 11 is 0. The predicted octanol–water partition coefficient (Wildman–Crippen LogP) is 8.45. The van der Waals surface area contributed by atoms with Crippen molar-refractivity contribution in [3.05, 3.63) is 54.1 Å². The van der Waals surface area contributed by atoms with Crippen molar-refractivity contribution in [2.24, 2.45) is 14.9 Å². The van der Waals surface area contributed by atoms with Gasteiger partial charge in [-0.1, -0.05) is 76.8 Å². The number of rotatable bonds is 34. The molecule has 1 aliphatic heterocycles. The third kappa shape index (κ3) is 40.7. The van der Waals surface area contributed by atoms with Crippen molar-refractivity contribution in [2.75, 3.05) is 148 Å². The van der Waals surface area contributed by atoms with Gasteiger partial charge in [0.15, 0.2) is 12.4 Å². The van der Waals surface area contributed by atoms with Crippen LogP contribution < -0.4 is 0 Å². The Balaban J connectivity index is -0.000000925. The Labute approximate surface area is 457 Å². The van der Waals surface area contributed by atoms with E-state index in [1.165, 1.54) is 14.0 Å². The highest BCUT2D eigenvalue weighted by Gasteiger charge is 2.46. The van der Waals surface area contributed by atoms with E-state index in [0.29, 0.717) is 98.9 Å². The average molecular weight is 1130 g/mol. The number of aliphatic hydroxyl groups excluding tert-OH is 3. The molecule has 0 aliphatic carbocycles. The summed E-state index contributed by atoms with van der Waals surface area (Å²) in [5.74, 6) is -0.742. The third-order valence-corrected chi connectivity index (χ3v) is 14.6. The molecule has 0 spiro atoms. The summed E-state index contributed by atoms with van der Waals surface area (Å²) in [5.41, 5.74) is 1.03. The molecule has 23 heteroatoms. The molecule has 4 unspecified atom stereocenters. The van der Waals surface area contributed by atoms with Crippen molar-refractivity contribution < 1.29 is 90.4 Å². The lowest BCUT2D eigenvalue weighted by atomic mass is 9.91. The Morgan fingerprint density at radius 1 is 0.737 bits per heavy atom. The van der Waals surface area contributed by atoms with Crippen LogP contribution in [0.2, 0.25) is 0 Å². The zero-order chi connectivity index (χ0) is 58.3. The molecule has 448 valence electrons. The van der Waals surface area contributed by atoms with Crippen molar-refractivity contribution in [1.82, 2.24) is 0 Å². The molecule has 1 saturated heterocycles. The van der Waals surface area contributed by atoms with Gasteiger partial charge in [0.1, 0.15) is 12.2 Å². The smallest absolute Gasteiger partial charge is 0.333 e. The first-order valence-corrected chi connectivity index (χ1v) is 29.9. The Morgan fingerprint density at radius 2 is 1.18 bits per heavy atom. The van der Waals surface area contributed by atoms with Gasteiger partial charge in [-0.05, 0) is 58.9 Å². The van der Waals surface area contributed by atoms with Crippen LogP contribution in [0.5, 0.6) is 0 Å². The molecule has 2 rings (SSSR count). The third-order valence-electron chi connectivity index (χ3n) is 10.6. The van der Waals surface area contributed by atoms with Crippen LogP contribution in [0.15, 0.2) is 58.0 Å². The molecule has 0 aromatic heterocycles. The summed E-state index contributed by atoms with van der Waals surface area (Å²) in [4.78, 5) is 22.7. The second-order valence-electron chi connectivity index (χ2n) is 17.4. The highest BCUT2D eigenvalue weighted by Crippen LogP contribution is 2.48. The van der Waals surface area contributed by atoms with E-state index in [4.69, 9.17) is 70.6 Å². The van der Waals surface area contributed by atoms with E-state index >= 15 is 0 Å². The zero-order valence-electron chi connectivity index (χ0n) is 49.1. The van der Waals surface area contributed by atoms with E-state index in [1.807, 2.05) is 97.4 Å². The van der Waals surface area contributed by atoms with Crippen molar-refractivity contribution in [3.63, 3.8) is 0 Å². The first kappa shape index (κ1) is 77.7. The van der Waals surface area contributed by atoms with Gasteiger partial charge in [0, 0.05) is 61.4 Å². The number of carbonyl (C=O) groups excluding carboxylic acids is 2. The van der Waals surface area contributed by atoms with Crippen molar-refractivity contribution >= 4 is 33.0 Å². The lowest BCUT2D eigenvalue weighted by molar-refractivity contribution is -0.293. The van der Waals surface area contributed by atoms with E-state index in [9.17, 15) is 19.8 Å². The maximum Gasteiger partial charge on any atom is 0.333 e. The molecule has 1 heterocycles. The average Bonchev–Trinajstić information content (AvgIpc) is 3.42. The Hall–Kier alpha value is -2.50. The summed E-state index contributed by atoms with van der Waals surface area (Å²) in [6.45, 7) is 29.4. The SMILES string of the molecule is C=C(C)C(=O)OC1[C@@H](OC)OC(CC)[C@@H](O)[C@H]1O.CCC(C)O.CCCOC(=O)C(C)(C)CC.CN=P(C)(OC/C=C/c1ccccc1)OCCOCCOC.CN=P(C)(OCCOCCOC)OCCOCCOC. The Morgan fingerprint density at radius 3 is 1.55 bits per heavy atom. The molecule has 21 nitrogen and oxygen atoms in total. The number of aliphatic hydroxyl groups is 3. The highest BCUT2D eigenvalue weighted by atomic mass is 31.2. The molecule has 1 aliphatic rings. The Kier molecular flexibility index (Phi) is 50.7. The second kappa shape index (κ2) is 49.5. The zero-order valence-corrected chi connectivity index (χ0v) is 50.9. The molecule has 0 radical (unpaired) electrons. The molecule has 0 amide bonds. The minimum atomic E-state index is -2.16. The Bertz CT molecular complexity index is 1680. The monoisotopic (exact) mass is 1130 g/mol. The number of benzene rings is 1. The van der Waals surface area contributed by atoms with Gasteiger partial charge in [-0.25, -0.2) is 4.79 Å². The van der Waals surface area contributed by atoms with Crippen LogP contribution in [0.3, 0.4) is 0 Å². The van der Waals surface area contributed by atoms with Gasteiger partial charge < -0.3 is 80.8 Å². The number of esters is 2. The second-order valence-corrected chi connectivity index (χ2v) is 22.4. The first-order chi connectivity index (χ1) is 36.1. The number of methoxy groups -OCH3 is 4. The van der Waals surface area contributed by atoms with Gasteiger partial charge in [-0.15, -0.1) is 0 Å². The fourth-order valence-electron chi connectivity index (χ4n) is 5.08. The van der Waals surface area contributed by atoms with E-state index in [1.54, 1.807) is 42.3 Å². The lowest BCUT2D eigenvalue weighted by Gasteiger charge is -2.41. The molecule has 0 saturated carbocycles. The van der Waals surface area contributed by atoms with Crippen LogP contribution in [-0.4, -0.2) is 212 Å². The molecule has 1 aromatic rings. The molecule has 0 bridgehead atoms. The van der Waals surface area contributed by atoms with E-state index in [-0.39, 0.29) is 23.1 Å². The number of carbonyl (C=O) groups is 2. The quantitative estimate of drug-likeness (QED) is 0.0253. The summed E-state index contributed by atoms with van der Waals surface area (Å²) in [6, 6.07) is 10.1. The van der Waals surface area contributed by atoms with Crippen LogP contribution in [0.1, 0.15) is 86.6 Å². The van der Waals surface area contributed by atoms with Gasteiger partial charge in [0.25, 0.3) is 0 Å². The number of hydrogen-bond acceptors (Lipinski definition) is 21.